The highest BCUT2D eigenvalue weighted by Gasteiger charge is 2.25. The summed E-state index contributed by atoms with van der Waals surface area (Å²) in [6.45, 7) is 2.33. The van der Waals surface area contributed by atoms with E-state index in [2.05, 4.69) is 0 Å². The van der Waals surface area contributed by atoms with E-state index >= 15 is 0 Å². The van der Waals surface area contributed by atoms with Crippen molar-refractivity contribution in [1.82, 2.24) is 0 Å². The van der Waals surface area contributed by atoms with Gasteiger partial charge in [0.15, 0.2) is 23.0 Å². The second kappa shape index (κ2) is 8.78. The normalized spacial score (nSPS) is 10.5. The fourth-order valence-electron chi connectivity index (χ4n) is 3.05. The van der Waals surface area contributed by atoms with Gasteiger partial charge >= 0.3 is 11.9 Å². The third kappa shape index (κ3) is 4.16. The van der Waals surface area contributed by atoms with Crippen LogP contribution in [0.2, 0.25) is 0 Å². The van der Waals surface area contributed by atoms with Crippen LogP contribution in [0.3, 0.4) is 0 Å². The minimum atomic E-state index is -0.723. The molecule has 3 aromatic rings. The second-order valence-electron chi connectivity index (χ2n) is 6.35. The molecule has 2 aromatic carbocycles. The van der Waals surface area contributed by atoms with E-state index in [-0.39, 0.29) is 33.8 Å². The highest BCUT2D eigenvalue weighted by atomic mass is 16.6. The molecule has 0 aliphatic carbocycles. The lowest BCUT2D eigenvalue weighted by Crippen LogP contribution is -2.13. The van der Waals surface area contributed by atoms with Gasteiger partial charge in [-0.2, -0.15) is 0 Å². The number of benzene rings is 2. The Morgan fingerprint density at radius 3 is 2.00 bits per heavy atom. The smallest absolute Gasteiger partial charge is 0.308 e. The number of hydrogen-bond acceptors (Lipinski definition) is 9. The number of fused-ring (bicyclic) bond motifs is 1. The zero-order chi connectivity index (χ0) is 22.7. The summed E-state index contributed by atoms with van der Waals surface area (Å²) in [5.74, 6) is -0.928. The summed E-state index contributed by atoms with van der Waals surface area (Å²) < 4.78 is 31.8. The van der Waals surface area contributed by atoms with Crippen molar-refractivity contribution in [2.45, 2.75) is 13.8 Å². The predicted octanol–water partition coefficient (Wildman–Crippen LogP) is 3.34. The van der Waals surface area contributed by atoms with Crippen LogP contribution < -0.4 is 29.1 Å². The zero-order valence-corrected chi connectivity index (χ0v) is 17.6. The topological polar surface area (TPSA) is 110 Å². The molecular weight excluding hydrogens is 408 g/mol. The molecule has 0 atom stereocenters. The van der Waals surface area contributed by atoms with Gasteiger partial charge in [-0.1, -0.05) is 6.07 Å². The highest BCUT2D eigenvalue weighted by Crippen LogP contribution is 2.43. The molecule has 31 heavy (non-hydrogen) atoms. The summed E-state index contributed by atoms with van der Waals surface area (Å²) in [5, 5.41) is -0.0838. The summed E-state index contributed by atoms with van der Waals surface area (Å²) in [4.78, 5) is 36.8. The van der Waals surface area contributed by atoms with Crippen molar-refractivity contribution in [2.75, 3.05) is 21.3 Å². The fourth-order valence-corrected chi connectivity index (χ4v) is 3.05. The van der Waals surface area contributed by atoms with E-state index in [1.54, 1.807) is 18.2 Å². The maximum atomic E-state index is 13.4. The molecule has 0 spiro atoms. The number of methoxy groups -OCH3 is 3. The van der Waals surface area contributed by atoms with Crippen LogP contribution in [0.15, 0.2) is 39.7 Å². The first-order valence-electron chi connectivity index (χ1n) is 9.06. The van der Waals surface area contributed by atoms with Gasteiger partial charge in [-0.05, 0) is 17.7 Å². The standard InChI is InChI=1S/C22H20O9/c1-11(23)30-21-18(28-5)9-17-19(22(21)31-12(2)24)20(25)14(10-29-17)13-6-7-15(26-3)16(8-13)27-4/h6-10H,1-5H3. The maximum Gasteiger partial charge on any atom is 0.308 e. The molecule has 1 heterocycles. The molecule has 0 fully saturated rings. The molecule has 9 nitrogen and oxygen atoms in total. The molecule has 162 valence electrons. The van der Waals surface area contributed by atoms with Crippen molar-refractivity contribution < 1.29 is 37.7 Å². The summed E-state index contributed by atoms with van der Waals surface area (Å²) in [5.41, 5.74) is 0.215. The molecule has 3 rings (SSSR count). The molecule has 0 saturated heterocycles. The quantitative estimate of drug-likeness (QED) is 0.431. The third-order valence-electron chi connectivity index (χ3n) is 4.35. The van der Waals surface area contributed by atoms with E-state index in [0.29, 0.717) is 17.1 Å². The Morgan fingerprint density at radius 1 is 0.806 bits per heavy atom. The van der Waals surface area contributed by atoms with Crippen LogP contribution in [0.4, 0.5) is 0 Å². The average molecular weight is 428 g/mol. The van der Waals surface area contributed by atoms with E-state index in [4.69, 9.17) is 28.1 Å². The van der Waals surface area contributed by atoms with Gasteiger partial charge in [-0.3, -0.25) is 14.4 Å². The molecule has 1 aromatic heterocycles. The lowest BCUT2D eigenvalue weighted by molar-refractivity contribution is -0.134. The highest BCUT2D eigenvalue weighted by molar-refractivity contribution is 5.94. The first-order valence-corrected chi connectivity index (χ1v) is 9.06. The number of carbonyl (C=O) groups is 2. The lowest BCUT2D eigenvalue weighted by atomic mass is 10.0. The molecule has 0 radical (unpaired) electrons. The second-order valence-corrected chi connectivity index (χ2v) is 6.35. The van der Waals surface area contributed by atoms with Crippen LogP contribution in [0.1, 0.15) is 13.8 Å². The van der Waals surface area contributed by atoms with Gasteiger partial charge in [0.1, 0.15) is 17.2 Å². The Balaban J connectivity index is 2.36. The van der Waals surface area contributed by atoms with E-state index in [0.717, 1.165) is 6.92 Å². The van der Waals surface area contributed by atoms with E-state index in [1.807, 2.05) is 0 Å². The Bertz CT molecular complexity index is 1220. The minimum absolute atomic E-state index is 0.0565. The number of ether oxygens (including phenoxy) is 5. The van der Waals surface area contributed by atoms with Crippen molar-refractivity contribution in [3.8, 4) is 39.9 Å². The van der Waals surface area contributed by atoms with Gasteiger partial charge in [0.2, 0.25) is 11.2 Å². The van der Waals surface area contributed by atoms with Gasteiger partial charge in [0, 0.05) is 19.9 Å². The lowest BCUT2D eigenvalue weighted by Gasteiger charge is -2.15. The van der Waals surface area contributed by atoms with Gasteiger partial charge in [0.05, 0.1) is 26.9 Å². The van der Waals surface area contributed by atoms with E-state index < -0.39 is 17.4 Å². The molecule has 0 aliphatic heterocycles. The van der Waals surface area contributed by atoms with Crippen LogP contribution in [-0.4, -0.2) is 33.3 Å². The predicted molar refractivity (Wildman–Crippen MR) is 110 cm³/mol. The summed E-state index contributed by atoms with van der Waals surface area (Å²) in [6, 6.07) is 6.28. The number of carbonyl (C=O) groups excluding carboxylic acids is 2. The maximum absolute atomic E-state index is 13.4. The van der Waals surface area contributed by atoms with Crippen molar-refractivity contribution >= 4 is 22.9 Å². The Kier molecular flexibility index (Phi) is 6.15. The molecular formula is C22H20O9. The molecule has 0 bridgehead atoms. The van der Waals surface area contributed by atoms with Crippen molar-refractivity contribution in [3.05, 3.63) is 40.8 Å². The van der Waals surface area contributed by atoms with E-state index in [1.165, 1.54) is 40.6 Å². The van der Waals surface area contributed by atoms with Crippen molar-refractivity contribution in [1.29, 1.82) is 0 Å². The zero-order valence-electron chi connectivity index (χ0n) is 17.6. The first kappa shape index (κ1) is 21.7. The minimum Gasteiger partial charge on any atom is -0.493 e. The fraction of sp³-hybridized carbons (Fsp3) is 0.227. The van der Waals surface area contributed by atoms with Gasteiger partial charge in [-0.25, -0.2) is 0 Å². The Hall–Kier alpha value is -4.01. The van der Waals surface area contributed by atoms with Gasteiger partial charge in [-0.15, -0.1) is 0 Å². The van der Waals surface area contributed by atoms with E-state index in [9.17, 15) is 14.4 Å². The molecule has 0 unspecified atom stereocenters. The van der Waals surface area contributed by atoms with Crippen LogP contribution in [0, 0.1) is 0 Å². The van der Waals surface area contributed by atoms with Crippen LogP contribution in [0.25, 0.3) is 22.1 Å². The Labute approximate surface area is 177 Å². The van der Waals surface area contributed by atoms with Crippen LogP contribution in [0.5, 0.6) is 28.7 Å². The first-order chi connectivity index (χ1) is 14.8. The molecule has 0 N–H and O–H groups in total. The monoisotopic (exact) mass is 428 g/mol. The van der Waals surface area contributed by atoms with Gasteiger partial charge < -0.3 is 28.1 Å². The largest absolute Gasteiger partial charge is 0.493 e. The number of hydrogen-bond donors (Lipinski definition) is 0. The Morgan fingerprint density at radius 2 is 1.42 bits per heavy atom. The van der Waals surface area contributed by atoms with Crippen molar-refractivity contribution in [2.24, 2.45) is 0 Å². The molecule has 9 heteroatoms. The van der Waals surface area contributed by atoms with Crippen LogP contribution >= 0.6 is 0 Å². The number of esters is 2. The summed E-state index contributed by atoms with van der Waals surface area (Å²) in [7, 11) is 4.31. The van der Waals surface area contributed by atoms with Crippen LogP contribution in [-0.2, 0) is 9.59 Å². The van der Waals surface area contributed by atoms with Gasteiger partial charge in [0.25, 0.3) is 0 Å². The molecule has 0 saturated carbocycles. The SMILES string of the molecule is COc1ccc(-c2coc3cc(OC)c(OC(C)=O)c(OC(C)=O)c3c2=O)cc1OC. The van der Waals surface area contributed by atoms with Crippen molar-refractivity contribution in [3.63, 3.8) is 0 Å². The molecule has 0 amide bonds. The summed E-state index contributed by atoms with van der Waals surface area (Å²) in [6.07, 6.45) is 1.27. The third-order valence-corrected chi connectivity index (χ3v) is 4.35. The summed E-state index contributed by atoms with van der Waals surface area (Å²) >= 11 is 0. The molecule has 0 aliphatic rings. The average Bonchev–Trinajstić information content (AvgIpc) is 2.74. The number of rotatable bonds is 6.